The lowest BCUT2D eigenvalue weighted by atomic mass is 10.0. The molecule has 0 radical (unpaired) electrons. The molecule has 0 amide bonds. The Hall–Kier alpha value is -2.46. The van der Waals surface area contributed by atoms with Crippen molar-refractivity contribution in [2.24, 2.45) is 4.99 Å². The van der Waals surface area contributed by atoms with Crippen molar-refractivity contribution in [3.05, 3.63) is 80.1 Å². The Balaban J connectivity index is 1.57. The Morgan fingerprint density at radius 1 is 1.25 bits per heavy atom. The molecule has 1 aliphatic rings. The van der Waals surface area contributed by atoms with E-state index in [0.717, 1.165) is 41.1 Å². The van der Waals surface area contributed by atoms with Gasteiger partial charge in [-0.1, -0.05) is 46.3 Å². The average Bonchev–Trinajstić information content (AvgIpc) is 3.06. The highest BCUT2D eigenvalue weighted by atomic mass is 79.9. The van der Waals surface area contributed by atoms with E-state index in [0.29, 0.717) is 11.1 Å². The summed E-state index contributed by atoms with van der Waals surface area (Å²) in [6.45, 7) is 2.93. The molecular weight excluding hydrogens is 434 g/mol. The minimum absolute atomic E-state index is 0.172. The van der Waals surface area contributed by atoms with Crippen LogP contribution in [0.5, 0.6) is 5.75 Å². The summed E-state index contributed by atoms with van der Waals surface area (Å²) in [7, 11) is 0. The number of phenolic OH excluding ortho intramolecular Hbond substituents is 1. The second-order valence-corrected chi connectivity index (χ2v) is 8.85. The Bertz CT molecular complexity index is 1070. The van der Waals surface area contributed by atoms with Crippen LogP contribution in [-0.2, 0) is 19.5 Å². The lowest BCUT2D eigenvalue weighted by molar-refractivity contribution is -0.929. The molecule has 140 valence electrons. The van der Waals surface area contributed by atoms with Crippen molar-refractivity contribution in [1.82, 2.24) is 0 Å². The van der Waals surface area contributed by atoms with E-state index < -0.39 is 0 Å². The molecule has 0 bridgehead atoms. The lowest BCUT2D eigenvalue weighted by Crippen LogP contribution is -3.10. The first-order valence-electron chi connectivity index (χ1n) is 9.08. The summed E-state index contributed by atoms with van der Waals surface area (Å²) in [6.07, 6.45) is 2.53. The third-order valence-electron chi connectivity index (χ3n) is 4.93. The smallest absolute Gasteiger partial charge is 0.134 e. The van der Waals surface area contributed by atoms with Crippen LogP contribution in [0.3, 0.4) is 0 Å². The van der Waals surface area contributed by atoms with Crippen LogP contribution >= 0.6 is 27.3 Å². The van der Waals surface area contributed by atoms with Gasteiger partial charge in [-0.25, -0.2) is 4.99 Å². The first kappa shape index (κ1) is 18.9. The largest absolute Gasteiger partial charge is 0.507 e. The van der Waals surface area contributed by atoms with E-state index in [-0.39, 0.29) is 5.75 Å². The van der Waals surface area contributed by atoms with E-state index in [9.17, 15) is 10.4 Å². The summed E-state index contributed by atoms with van der Waals surface area (Å²) in [5, 5.41) is 20.4. The zero-order valence-corrected chi connectivity index (χ0v) is 17.6. The first-order chi connectivity index (χ1) is 13.6. The molecule has 2 heterocycles. The van der Waals surface area contributed by atoms with E-state index in [1.165, 1.54) is 15.3 Å². The van der Waals surface area contributed by atoms with E-state index in [4.69, 9.17) is 0 Å². The van der Waals surface area contributed by atoms with Crippen molar-refractivity contribution in [1.29, 1.82) is 5.26 Å². The van der Waals surface area contributed by atoms with Crippen molar-refractivity contribution < 1.29 is 10.0 Å². The number of hydrogen-bond donors (Lipinski definition) is 2. The predicted molar refractivity (Wildman–Crippen MR) is 115 cm³/mol. The van der Waals surface area contributed by atoms with Gasteiger partial charge in [0.1, 0.15) is 29.9 Å². The number of aromatic hydroxyl groups is 1. The molecule has 0 aliphatic carbocycles. The number of nitrogens with one attached hydrogen (secondary N) is 1. The average molecular weight is 453 g/mol. The molecule has 1 atom stereocenters. The summed E-state index contributed by atoms with van der Waals surface area (Å²) in [4.78, 5) is 7.30. The maximum absolute atomic E-state index is 10.00. The fourth-order valence-corrected chi connectivity index (χ4v) is 5.11. The zero-order chi connectivity index (χ0) is 19.5. The summed E-state index contributed by atoms with van der Waals surface area (Å²) in [5.41, 5.74) is 3.79. The molecule has 3 aromatic rings. The van der Waals surface area contributed by atoms with Gasteiger partial charge in [0.2, 0.25) is 0 Å². The molecule has 2 aromatic carbocycles. The van der Waals surface area contributed by atoms with Crippen molar-refractivity contribution >= 4 is 38.5 Å². The van der Waals surface area contributed by atoms with Gasteiger partial charge in [-0.15, -0.1) is 11.3 Å². The number of phenols is 1. The number of hydrogen-bond acceptors (Lipinski definition) is 4. The summed E-state index contributed by atoms with van der Waals surface area (Å²) in [5.74, 6) is 0.172. The predicted octanol–water partition coefficient (Wildman–Crippen LogP) is 3.98. The third kappa shape index (κ3) is 4.02. The Morgan fingerprint density at radius 2 is 2.07 bits per heavy atom. The fourth-order valence-electron chi connectivity index (χ4n) is 3.52. The van der Waals surface area contributed by atoms with E-state index in [1.54, 1.807) is 29.7 Å². The standard InChI is InChI=1S/C22H18BrN3OS/c23-17-6-7-20(27)16(10-17)12-25-22-19(11-24)18-8-9-26(14-21(18)28-22)13-15-4-2-1-3-5-15/h1-7,10,12,27H,8-9,13-14H2/p+1/b25-12+. The second kappa shape index (κ2) is 8.27. The van der Waals surface area contributed by atoms with Gasteiger partial charge in [0.05, 0.1) is 17.0 Å². The summed E-state index contributed by atoms with van der Waals surface area (Å²) < 4.78 is 0.873. The van der Waals surface area contributed by atoms with Gasteiger partial charge in [-0.3, -0.25) is 0 Å². The zero-order valence-electron chi connectivity index (χ0n) is 15.2. The van der Waals surface area contributed by atoms with Gasteiger partial charge in [0, 0.05) is 28.2 Å². The minimum Gasteiger partial charge on any atom is -0.507 e. The fraction of sp³-hybridized carbons (Fsp3) is 0.182. The normalized spacial score (nSPS) is 16.1. The molecule has 1 aromatic heterocycles. The first-order valence-corrected chi connectivity index (χ1v) is 10.7. The molecule has 0 saturated carbocycles. The van der Waals surface area contributed by atoms with Crippen LogP contribution in [0.2, 0.25) is 0 Å². The number of fused-ring (bicyclic) bond motifs is 1. The monoisotopic (exact) mass is 452 g/mol. The minimum atomic E-state index is 0.172. The van der Waals surface area contributed by atoms with Gasteiger partial charge < -0.3 is 10.0 Å². The van der Waals surface area contributed by atoms with Gasteiger partial charge in [0.25, 0.3) is 0 Å². The molecule has 28 heavy (non-hydrogen) atoms. The van der Waals surface area contributed by atoms with Gasteiger partial charge in [-0.2, -0.15) is 5.26 Å². The van der Waals surface area contributed by atoms with Crippen molar-refractivity contribution in [3.8, 4) is 11.8 Å². The third-order valence-corrected chi connectivity index (χ3v) is 6.56. The van der Waals surface area contributed by atoms with Gasteiger partial charge >= 0.3 is 0 Å². The number of rotatable bonds is 4. The summed E-state index contributed by atoms with van der Waals surface area (Å²) in [6, 6.07) is 18.1. The van der Waals surface area contributed by atoms with Crippen molar-refractivity contribution in [2.75, 3.05) is 6.54 Å². The highest BCUT2D eigenvalue weighted by Crippen LogP contribution is 2.36. The van der Waals surface area contributed by atoms with Crippen molar-refractivity contribution in [3.63, 3.8) is 0 Å². The molecular formula is C22H19BrN3OS+. The molecule has 1 unspecified atom stereocenters. The van der Waals surface area contributed by atoms with Crippen LogP contribution in [-0.4, -0.2) is 17.9 Å². The molecule has 0 spiro atoms. The van der Waals surface area contributed by atoms with E-state index >= 15 is 0 Å². The van der Waals surface area contributed by atoms with Crippen LogP contribution in [0, 0.1) is 11.3 Å². The maximum Gasteiger partial charge on any atom is 0.134 e. The molecule has 4 nitrogen and oxygen atoms in total. The molecule has 1 aliphatic heterocycles. The van der Waals surface area contributed by atoms with Crippen LogP contribution < -0.4 is 4.90 Å². The lowest BCUT2D eigenvalue weighted by Gasteiger charge is -2.23. The maximum atomic E-state index is 10.00. The molecule has 0 saturated heterocycles. The molecule has 0 fully saturated rings. The van der Waals surface area contributed by atoms with Crippen LogP contribution in [0.15, 0.2) is 58.0 Å². The number of nitrogens with zero attached hydrogens (tertiary/aromatic N) is 2. The van der Waals surface area contributed by atoms with Gasteiger partial charge in [-0.05, 0) is 23.8 Å². The number of benzene rings is 2. The topological polar surface area (TPSA) is 60.8 Å². The van der Waals surface area contributed by atoms with Gasteiger partial charge in [0.15, 0.2) is 0 Å². The Morgan fingerprint density at radius 3 is 2.86 bits per heavy atom. The second-order valence-electron chi connectivity index (χ2n) is 6.85. The number of thiophene rings is 1. The SMILES string of the molecule is N#Cc1c(/N=C/c2cc(Br)ccc2O)sc2c1CC[NH+](Cc1ccccc1)C2. The summed E-state index contributed by atoms with van der Waals surface area (Å²) >= 11 is 5.00. The number of halogens is 1. The number of quaternary nitrogens is 1. The Labute approximate surface area is 176 Å². The highest BCUT2D eigenvalue weighted by Gasteiger charge is 2.26. The quantitative estimate of drug-likeness (QED) is 0.588. The van der Waals surface area contributed by atoms with Crippen LogP contribution in [0.1, 0.15) is 27.1 Å². The molecule has 4 rings (SSSR count). The molecule has 2 N–H and O–H groups in total. The van der Waals surface area contributed by atoms with E-state index in [1.807, 2.05) is 12.1 Å². The van der Waals surface area contributed by atoms with E-state index in [2.05, 4.69) is 51.3 Å². The number of aliphatic imine (C=N–C) groups is 1. The van der Waals surface area contributed by atoms with Crippen molar-refractivity contribution in [2.45, 2.75) is 19.5 Å². The Kier molecular flexibility index (Phi) is 5.58. The van der Waals surface area contributed by atoms with Crippen LogP contribution in [0.25, 0.3) is 0 Å². The highest BCUT2D eigenvalue weighted by molar-refractivity contribution is 9.10. The number of nitriles is 1. The van der Waals surface area contributed by atoms with Crippen LogP contribution in [0.4, 0.5) is 5.00 Å². The molecule has 6 heteroatoms.